The molecule has 0 amide bonds. The maximum absolute atomic E-state index is 12.3. The minimum atomic E-state index is -3.77. The van der Waals surface area contributed by atoms with Gasteiger partial charge in [0.1, 0.15) is 5.75 Å². The first-order valence-electron chi connectivity index (χ1n) is 6.06. The summed E-state index contributed by atoms with van der Waals surface area (Å²) < 4.78 is 32.1. The maximum Gasteiger partial charge on any atom is 0.262 e. The Morgan fingerprint density at radius 2 is 1.90 bits per heavy atom. The molecule has 21 heavy (non-hydrogen) atoms. The minimum absolute atomic E-state index is 0.0393. The molecule has 0 saturated heterocycles. The fourth-order valence-electron chi connectivity index (χ4n) is 1.79. The zero-order chi connectivity index (χ0) is 15.6. The van der Waals surface area contributed by atoms with E-state index in [1.165, 1.54) is 25.3 Å². The fourth-order valence-corrected chi connectivity index (χ4v) is 3.24. The molecule has 0 saturated carbocycles. The van der Waals surface area contributed by atoms with Gasteiger partial charge < -0.3 is 10.5 Å². The highest BCUT2D eigenvalue weighted by molar-refractivity contribution is 7.92. The number of halogens is 1. The van der Waals surface area contributed by atoms with Gasteiger partial charge in [-0.05, 0) is 42.8 Å². The van der Waals surface area contributed by atoms with Gasteiger partial charge >= 0.3 is 0 Å². The molecule has 5 nitrogen and oxygen atoms in total. The lowest BCUT2D eigenvalue weighted by atomic mass is 10.2. The van der Waals surface area contributed by atoms with E-state index in [0.717, 1.165) is 5.56 Å². The van der Waals surface area contributed by atoms with E-state index in [1.54, 1.807) is 18.2 Å². The summed E-state index contributed by atoms with van der Waals surface area (Å²) >= 11 is 6.03. The Kier molecular flexibility index (Phi) is 4.29. The molecule has 3 N–H and O–H groups in total. The molecular formula is C14H15ClN2O3S. The fraction of sp³-hybridized carbons (Fsp3) is 0.143. The first kappa shape index (κ1) is 15.5. The van der Waals surface area contributed by atoms with E-state index < -0.39 is 10.0 Å². The van der Waals surface area contributed by atoms with Gasteiger partial charge in [0.2, 0.25) is 0 Å². The van der Waals surface area contributed by atoms with Gasteiger partial charge in [-0.3, -0.25) is 4.72 Å². The van der Waals surface area contributed by atoms with Crippen LogP contribution in [0.25, 0.3) is 0 Å². The molecule has 2 rings (SSSR count). The molecule has 0 aliphatic heterocycles. The van der Waals surface area contributed by atoms with Gasteiger partial charge in [0.25, 0.3) is 10.0 Å². The van der Waals surface area contributed by atoms with Crippen molar-refractivity contribution in [2.75, 3.05) is 17.6 Å². The van der Waals surface area contributed by atoms with Gasteiger partial charge in [-0.2, -0.15) is 0 Å². The molecule has 0 spiro atoms. The quantitative estimate of drug-likeness (QED) is 0.846. The van der Waals surface area contributed by atoms with Gasteiger partial charge in [0.05, 0.1) is 28.4 Å². The van der Waals surface area contributed by atoms with E-state index in [0.29, 0.717) is 16.5 Å². The second kappa shape index (κ2) is 5.83. The molecule has 0 atom stereocenters. The number of hydrogen-bond donors (Lipinski definition) is 2. The van der Waals surface area contributed by atoms with Gasteiger partial charge in [-0.15, -0.1) is 0 Å². The largest absolute Gasteiger partial charge is 0.495 e. The topological polar surface area (TPSA) is 81.4 Å². The average Bonchev–Trinajstić information content (AvgIpc) is 2.42. The molecule has 0 radical (unpaired) electrons. The number of ether oxygens (including phenoxy) is 1. The number of benzene rings is 2. The lowest BCUT2D eigenvalue weighted by molar-refractivity contribution is 0.416. The summed E-state index contributed by atoms with van der Waals surface area (Å²) in [6.45, 7) is 1.87. The highest BCUT2D eigenvalue weighted by Crippen LogP contribution is 2.28. The van der Waals surface area contributed by atoms with E-state index in [9.17, 15) is 8.42 Å². The molecule has 7 heteroatoms. The van der Waals surface area contributed by atoms with Crippen LogP contribution in [0.3, 0.4) is 0 Å². The number of rotatable bonds is 4. The van der Waals surface area contributed by atoms with Gasteiger partial charge in [0.15, 0.2) is 0 Å². The Morgan fingerprint density at radius 3 is 2.48 bits per heavy atom. The number of nitrogen functional groups attached to an aromatic ring is 1. The molecule has 2 aromatic carbocycles. The van der Waals surface area contributed by atoms with Crippen molar-refractivity contribution in [2.24, 2.45) is 0 Å². The van der Waals surface area contributed by atoms with Gasteiger partial charge in [-0.25, -0.2) is 8.42 Å². The van der Waals surface area contributed by atoms with Crippen LogP contribution >= 0.6 is 11.6 Å². The Labute approximate surface area is 128 Å². The van der Waals surface area contributed by atoms with Crippen LogP contribution in [0.4, 0.5) is 11.4 Å². The van der Waals surface area contributed by atoms with Gasteiger partial charge in [0, 0.05) is 0 Å². The summed E-state index contributed by atoms with van der Waals surface area (Å²) in [5.41, 5.74) is 7.23. The smallest absolute Gasteiger partial charge is 0.262 e. The van der Waals surface area contributed by atoms with Crippen LogP contribution in [-0.4, -0.2) is 15.5 Å². The number of aryl methyl sites for hydroxylation is 1. The highest BCUT2D eigenvalue weighted by atomic mass is 35.5. The minimum Gasteiger partial charge on any atom is -0.495 e. The number of hydrogen-bond acceptors (Lipinski definition) is 4. The SMILES string of the molecule is COc1ccc(S(=O)(=O)Nc2ccc(C)cc2Cl)cc1N. The molecule has 0 aliphatic rings. The molecule has 112 valence electrons. The standard InChI is InChI=1S/C14H15ClN2O3S/c1-9-3-5-13(11(15)7-9)17-21(18,19)10-4-6-14(20-2)12(16)8-10/h3-8,17H,16H2,1-2H3. The average molecular weight is 327 g/mol. The Bertz CT molecular complexity index is 776. The summed E-state index contributed by atoms with van der Waals surface area (Å²) in [4.78, 5) is 0.0393. The molecule has 0 aliphatic carbocycles. The monoisotopic (exact) mass is 326 g/mol. The normalized spacial score (nSPS) is 11.2. The molecule has 0 aromatic heterocycles. The first-order valence-corrected chi connectivity index (χ1v) is 7.92. The number of sulfonamides is 1. The van der Waals surface area contributed by atoms with Crippen LogP contribution in [-0.2, 0) is 10.0 Å². The van der Waals surface area contributed by atoms with Crippen molar-refractivity contribution >= 4 is 33.0 Å². The lowest BCUT2D eigenvalue weighted by Crippen LogP contribution is -2.13. The number of methoxy groups -OCH3 is 1. The maximum atomic E-state index is 12.3. The van der Waals surface area contributed by atoms with Crippen LogP contribution in [0.1, 0.15) is 5.56 Å². The van der Waals surface area contributed by atoms with Gasteiger partial charge in [-0.1, -0.05) is 17.7 Å². The summed E-state index contributed by atoms with van der Waals surface area (Å²) in [5, 5.41) is 0.333. The van der Waals surface area contributed by atoms with Crippen molar-refractivity contribution in [3.8, 4) is 5.75 Å². The Hall–Kier alpha value is -1.92. The first-order chi connectivity index (χ1) is 9.83. The summed E-state index contributed by atoms with van der Waals surface area (Å²) in [7, 11) is -2.30. The summed E-state index contributed by atoms with van der Waals surface area (Å²) in [6.07, 6.45) is 0. The van der Waals surface area contributed by atoms with E-state index >= 15 is 0 Å². The van der Waals surface area contributed by atoms with Crippen molar-refractivity contribution in [1.82, 2.24) is 0 Å². The third-order valence-corrected chi connectivity index (χ3v) is 4.56. The second-order valence-electron chi connectivity index (χ2n) is 4.49. The highest BCUT2D eigenvalue weighted by Gasteiger charge is 2.17. The van der Waals surface area contributed by atoms with Crippen LogP contribution in [0.2, 0.25) is 5.02 Å². The van der Waals surface area contributed by atoms with Crippen LogP contribution in [0, 0.1) is 6.92 Å². The lowest BCUT2D eigenvalue weighted by Gasteiger charge is -2.11. The zero-order valence-electron chi connectivity index (χ0n) is 11.6. The third-order valence-electron chi connectivity index (χ3n) is 2.88. The van der Waals surface area contributed by atoms with Crippen LogP contribution < -0.4 is 15.2 Å². The summed E-state index contributed by atoms with van der Waals surface area (Å²) in [6, 6.07) is 9.32. The van der Waals surface area contributed by atoms with Crippen molar-refractivity contribution in [3.05, 3.63) is 47.0 Å². The summed E-state index contributed by atoms with van der Waals surface area (Å²) in [5.74, 6) is 0.419. The van der Waals surface area contributed by atoms with E-state index in [1.807, 2.05) is 6.92 Å². The predicted octanol–water partition coefficient (Wildman–Crippen LogP) is 3.04. The number of nitrogens with one attached hydrogen (secondary N) is 1. The van der Waals surface area contributed by atoms with E-state index in [-0.39, 0.29) is 10.6 Å². The number of nitrogens with two attached hydrogens (primary N) is 1. The predicted molar refractivity (Wildman–Crippen MR) is 84.4 cm³/mol. The molecular weight excluding hydrogens is 312 g/mol. The Morgan fingerprint density at radius 1 is 1.19 bits per heavy atom. The molecule has 0 unspecified atom stereocenters. The molecule has 2 aromatic rings. The van der Waals surface area contributed by atoms with Crippen molar-refractivity contribution in [2.45, 2.75) is 11.8 Å². The van der Waals surface area contributed by atoms with E-state index in [4.69, 9.17) is 22.1 Å². The van der Waals surface area contributed by atoms with E-state index in [2.05, 4.69) is 4.72 Å². The van der Waals surface area contributed by atoms with Crippen molar-refractivity contribution in [3.63, 3.8) is 0 Å². The molecule has 0 fully saturated rings. The van der Waals surface area contributed by atoms with Crippen molar-refractivity contribution in [1.29, 1.82) is 0 Å². The molecule has 0 heterocycles. The molecule has 0 bridgehead atoms. The third kappa shape index (κ3) is 3.40. The number of anilines is 2. The zero-order valence-corrected chi connectivity index (χ0v) is 13.1. The second-order valence-corrected chi connectivity index (χ2v) is 6.58. The Balaban J connectivity index is 2.36. The van der Waals surface area contributed by atoms with Crippen LogP contribution in [0.15, 0.2) is 41.3 Å². The van der Waals surface area contributed by atoms with Crippen LogP contribution in [0.5, 0.6) is 5.75 Å². The van der Waals surface area contributed by atoms with Crippen molar-refractivity contribution < 1.29 is 13.2 Å².